The smallest absolute Gasteiger partial charge is 0.0841 e. The van der Waals surface area contributed by atoms with Gasteiger partial charge in [-0.15, -0.1) is 0 Å². The Hall–Kier alpha value is -0.970. The van der Waals surface area contributed by atoms with Crippen LogP contribution in [0.2, 0.25) is 0 Å². The fourth-order valence-electron chi connectivity index (χ4n) is 3.75. The first-order valence-corrected chi connectivity index (χ1v) is 8.52. The van der Waals surface area contributed by atoms with Gasteiger partial charge in [0.25, 0.3) is 0 Å². The van der Waals surface area contributed by atoms with Crippen molar-refractivity contribution in [3.63, 3.8) is 0 Å². The molecular formula is C18H28N2O2. The third kappa shape index (κ3) is 4.06. The van der Waals surface area contributed by atoms with Crippen molar-refractivity contribution in [3.05, 3.63) is 30.1 Å². The number of hydrogen-bond acceptors (Lipinski definition) is 4. The fraction of sp³-hybridized carbons (Fsp3) is 0.722. The highest BCUT2D eigenvalue weighted by molar-refractivity contribution is 5.07. The Morgan fingerprint density at radius 3 is 3.18 bits per heavy atom. The first-order valence-electron chi connectivity index (χ1n) is 8.52. The van der Waals surface area contributed by atoms with Crippen LogP contribution >= 0.6 is 0 Å². The maximum Gasteiger partial charge on any atom is 0.0841 e. The summed E-state index contributed by atoms with van der Waals surface area (Å²) in [5.74, 6) is 0.717. The highest BCUT2D eigenvalue weighted by Crippen LogP contribution is 2.36. The second kappa shape index (κ2) is 7.07. The van der Waals surface area contributed by atoms with Gasteiger partial charge in [-0.05, 0) is 36.9 Å². The molecule has 4 heteroatoms. The summed E-state index contributed by atoms with van der Waals surface area (Å²) in [6, 6.07) is 4.01. The van der Waals surface area contributed by atoms with Gasteiger partial charge in [0, 0.05) is 31.9 Å². The largest absolute Gasteiger partial charge is 0.371 e. The summed E-state index contributed by atoms with van der Waals surface area (Å²) in [6.07, 6.45) is 7.33. The van der Waals surface area contributed by atoms with Crippen molar-refractivity contribution in [2.75, 3.05) is 26.2 Å². The van der Waals surface area contributed by atoms with Gasteiger partial charge in [-0.25, -0.2) is 0 Å². The van der Waals surface area contributed by atoms with Gasteiger partial charge in [0.2, 0.25) is 0 Å². The maximum atomic E-state index is 6.21. The normalized spacial score (nSPS) is 29.5. The van der Waals surface area contributed by atoms with Gasteiger partial charge in [0.05, 0.1) is 24.9 Å². The van der Waals surface area contributed by atoms with Crippen LogP contribution in [0.1, 0.15) is 38.7 Å². The van der Waals surface area contributed by atoms with Crippen LogP contribution in [0.4, 0.5) is 0 Å². The Labute approximate surface area is 133 Å². The Bertz CT molecular complexity index is 465. The number of hydrogen-bond donors (Lipinski definition) is 0. The molecule has 0 aliphatic carbocycles. The molecule has 4 nitrogen and oxygen atoms in total. The van der Waals surface area contributed by atoms with Crippen LogP contribution in [-0.2, 0) is 16.1 Å². The second-order valence-electron chi connectivity index (χ2n) is 7.22. The van der Waals surface area contributed by atoms with Crippen LogP contribution in [0.5, 0.6) is 0 Å². The number of piperidine rings is 1. The molecule has 2 fully saturated rings. The molecule has 2 aliphatic heterocycles. The molecule has 3 heterocycles. The summed E-state index contributed by atoms with van der Waals surface area (Å²) in [5.41, 5.74) is 1.17. The number of aromatic nitrogens is 1. The average molecular weight is 304 g/mol. The number of rotatable bonds is 5. The topological polar surface area (TPSA) is 34.6 Å². The van der Waals surface area contributed by atoms with E-state index in [0.717, 1.165) is 25.1 Å². The summed E-state index contributed by atoms with van der Waals surface area (Å²) < 4.78 is 12.3. The van der Waals surface area contributed by atoms with Crippen LogP contribution in [-0.4, -0.2) is 47.8 Å². The number of ether oxygens (including phenoxy) is 2. The molecular weight excluding hydrogens is 276 g/mol. The van der Waals surface area contributed by atoms with Crippen LogP contribution in [0, 0.1) is 5.92 Å². The molecule has 1 spiro atoms. The predicted octanol–water partition coefficient (Wildman–Crippen LogP) is 2.88. The van der Waals surface area contributed by atoms with Crippen molar-refractivity contribution in [1.29, 1.82) is 0 Å². The monoisotopic (exact) mass is 304 g/mol. The van der Waals surface area contributed by atoms with E-state index in [0.29, 0.717) is 12.5 Å². The number of likely N-dealkylation sites (tertiary alicyclic amines) is 1. The molecule has 122 valence electrons. The minimum atomic E-state index is 0.0345. The Balaban J connectivity index is 1.50. The van der Waals surface area contributed by atoms with Gasteiger partial charge < -0.3 is 14.4 Å². The van der Waals surface area contributed by atoms with E-state index in [1.165, 1.54) is 25.9 Å². The fourth-order valence-corrected chi connectivity index (χ4v) is 3.75. The summed E-state index contributed by atoms with van der Waals surface area (Å²) in [4.78, 5) is 6.70. The zero-order valence-corrected chi connectivity index (χ0v) is 13.8. The van der Waals surface area contributed by atoms with Crippen molar-refractivity contribution < 1.29 is 9.47 Å². The maximum absolute atomic E-state index is 6.21. The Kier molecular flexibility index (Phi) is 5.11. The van der Waals surface area contributed by atoms with Gasteiger partial charge >= 0.3 is 0 Å². The SMILES string of the molecule is CC(C)CN1CCCC2(CC(OCc3cccnc3)CO2)C1. The van der Waals surface area contributed by atoms with E-state index in [9.17, 15) is 0 Å². The predicted molar refractivity (Wildman–Crippen MR) is 86.6 cm³/mol. The molecule has 1 aromatic rings. The lowest BCUT2D eigenvalue weighted by atomic mass is 9.89. The highest BCUT2D eigenvalue weighted by Gasteiger charge is 2.43. The molecule has 2 atom stereocenters. The molecule has 0 N–H and O–H groups in total. The van der Waals surface area contributed by atoms with E-state index < -0.39 is 0 Å². The quantitative estimate of drug-likeness (QED) is 0.838. The molecule has 2 aliphatic rings. The minimum absolute atomic E-state index is 0.0345. The second-order valence-corrected chi connectivity index (χ2v) is 7.22. The molecule has 0 radical (unpaired) electrons. The Morgan fingerprint density at radius 2 is 2.41 bits per heavy atom. The molecule has 2 unspecified atom stereocenters. The first-order chi connectivity index (χ1) is 10.7. The van der Waals surface area contributed by atoms with Gasteiger partial charge in [-0.3, -0.25) is 4.98 Å². The molecule has 0 bridgehead atoms. The van der Waals surface area contributed by atoms with Crippen molar-refractivity contribution in [3.8, 4) is 0 Å². The molecule has 22 heavy (non-hydrogen) atoms. The highest BCUT2D eigenvalue weighted by atomic mass is 16.6. The third-order valence-corrected chi connectivity index (χ3v) is 4.63. The molecule has 0 amide bonds. The average Bonchev–Trinajstić information content (AvgIpc) is 2.88. The standard InChI is InChI=1S/C18H28N2O2/c1-15(2)11-20-8-4-6-18(14-20)9-17(13-22-18)21-12-16-5-3-7-19-10-16/h3,5,7,10,15,17H,4,6,8-9,11-14H2,1-2H3. The van der Waals surface area contributed by atoms with Crippen molar-refractivity contribution in [2.24, 2.45) is 5.92 Å². The number of pyridine rings is 1. The lowest BCUT2D eigenvalue weighted by molar-refractivity contribution is -0.0548. The molecule has 0 aromatic carbocycles. The van der Waals surface area contributed by atoms with Crippen molar-refractivity contribution in [1.82, 2.24) is 9.88 Å². The summed E-state index contributed by atoms with van der Waals surface area (Å²) >= 11 is 0. The Morgan fingerprint density at radius 1 is 1.50 bits per heavy atom. The summed E-state index contributed by atoms with van der Waals surface area (Å²) in [6.45, 7) is 9.39. The summed E-state index contributed by atoms with van der Waals surface area (Å²) in [7, 11) is 0. The molecule has 3 rings (SSSR count). The van der Waals surface area contributed by atoms with Crippen LogP contribution < -0.4 is 0 Å². The lowest BCUT2D eigenvalue weighted by Crippen LogP contribution is -2.49. The molecule has 0 saturated carbocycles. The van der Waals surface area contributed by atoms with Crippen molar-refractivity contribution >= 4 is 0 Å². The van der Waals surface area contributed by atoms with Gasteiger partial charge in [0.1, 0.15) is 0 Å². The van der Waals surface area contributed by atoms with Gasteiger partial charge in [-0.1, -0.05) is 19.9 Å². The number of nitrogens with zero attached hydrogens (tertiary/aromatic N) is 2. The van der Waals surface area contributed by atoms with Crippen molar-refractivity contribution in [2.45, 2.75) is 51.4 Å². The lowest BCUT2D eigenvalue weighted by Gasteiger charge is -2.40. The van der Waals surface area contributed by atoms with Crippen LogP contribution in [0.3, 0.4) is 0 Å². The molecule has 2 saturated heterocycles. The third-order valence-electron chi connectivity index (χ3n) is 4.63. The van der Waals surface area contributed by atoms with E-state index in [1.54, 1.807) is 6.20 Å². The van der Waals surface area contributed by atoms with Crippen LogP contribution in [0.25, 0.3) is 0 Å². The van der Waals surface area contributed by atoms with Gasteiger partial charge in [-0.2, -0.15) is 0 Å². The zero-order valence-electron chi connectivity index (χ0n) is 13.8. The van der Waals surface area contributed by atoms with E-state index in [4.69, 9.17) is 9.47 Å². The van der Waals surface area contributed by atoms with Gasteiger partial charge in [0.15, 0.2) is 0 Å². The minimum Gasteiger partial charge on any atom is -0.371 e. The van der Waals surface area contributed by atoms with E-state index in [-0.39, 0.29) is 11.7 Å². The zero-order chi connectivity index (χ0) is 15.4. The van der Waals surface area contributed by atoms with Crippen LogP contribution in [0.15, 0.2) is 24.5 Å². The summed E-state index contributed by atoms with van der Waals surface area (Å²) in [5, 5.41) is 0. The van der Waals surface area contributed by atoms with E-state index >= 15 is 0 Å². The first kappa shape index (κ1) is 15.9. The van der Waals surface area contributed by atoms with E-state index in [1.807, 2.05) is 12.3 Å². The molecule has 1 aromatic heterocycles. The van der Waals surface area contributed by atoms with E-state index in [2.05, 4.69) is 29.8 Å².